The SMILES string of the molecule is C=CCN1C(=O)[C@@]2(O[C@@H](CCn3cc(C(CO)c4ccccc4)nn3)[C@H]([Si](C)(C)O)[C@H]2C)c2cc(NC(=O)C3CCCNC3)ccc21. The second-order valence-electron chi connectivity index (χ2n) is 13.7. The van der Waals surface area contributed by atoms with Crippen molar-refractivity contribution in [2.45, 2.75) is 69.0 Å². The fourth-order valence-electron chi connectivity index (χ4n) is 7.95. The number of nitrogens with zero attached hydrogens (tertiary/aromatic N) is 4. The number of aliphatic hydroxyl groups excluding tert-OH is 1. The summed E-state index contributed by atoms with van der Waals surface area (Å²) in [6, 6.07) is 15.3. The number of piperidine rings is 1. The van der Waals surface area contributed by atoms with Gasteiger partial charge in [0.15, 0.2) is 13.9 Å². The molecule has 2 aromatic carbocycles. The molecule has 0 radical (unpaired) electrons. The summed E-state index contributed by atoms with van der Waals surface area (Å²) >= 11 is 0. The third-order valence-corrected chi connectivity index (χ3v) is 12.7. The molecule has 0 saturated carbocycles. The van der Waals surface area contributed by atoms with Gasteiger partial charge in [-0.25, -0.2) is 0 Å². The lowest BCUT2D eigenvalue weighted by atomic mass is 9.82. The summed E-state index contributed by atoms with van der Waals surface area (Å²) in [6.07, 6.45) is 5.40. The van der Waals surface area contributed by atoms with Crippen molar-refractivity contribution >= 4 is 31.5 Å². The van der Waals surface area contributed by atoms with Gasteiger partial charge in [0.2, 0.25) is 5.91 Å². The van der Waals surface area contributed by atoms with E-state index in [2.05, 4.69) is 27.5 Å². The number of amides is 2. The Bertz CT molecular complexity index is 1600. The Morgan fingerprint density at radius 3 is 2.74 bits per heavy atom. The Hall–Kier alpha value is -3.68. The minimum atomic E-state index is -2.87. The topological polar surface area (TPSA) is 142 Å². The predicted molar refractivity (Wildman–Crippen MR) is 182 cm³/mol. The molecule has 2 amide bonds. The van der Waals surface area contributed by atoms with Crippen molar-refractivity contribution in [3.05, 3.63) is 84.2 Å². The molecule has 3 aliphatic rings. The number of fused-ring (bicyclic) bond motifs is 2. The first-order valence-corrected chi connectivity index (χ1v) is 19.7. The van der Waals surface area contributed by atoms with Gasteiger partial charge in [0.1, 0.15) is 0 Å². The Morgan fingerprint density at radius 2 is 2.06 bits per heavy atom. The van der Waals surface area contributed by atoms with Crippen LogP contribution >= 0.6 is 0 Å². The first kappa shape index (κ1) is 33.2. The molecule has 250 valence electrons. The van der Waals surface area contributed by atoms with E-state index >= 15 is 0 Å². The second kappa shape index (κ2) is 13.4. The molecular weight excluding hydrogens is 613 g/mol. The number of hydrogen-bond donors (Lipinski definition) is 4. The Balaban J connectivity index is 1.29. The first-order valence-electron chi connectivity index (χ1n) is 16.6. The molecule has 4 N–H and O–H groups in total. The van der Waals surface area contributed by atoms with Gasteiger partial charge in [-0.1, -0.05) is 48.5 Å². The monoisotopic (exact) mass is 658 g/mol. The smallest absolute Gasteiger partial charge is 0.264 e. The van der Waals surface area contributed by atoms with Crippen molar-refractivity contribution in [3.63, 3.8) is 0 Å². The molecule has 1 spiro atoms. The average Bonchev–Trinajstić information content (AvgIpc) is 3.72. The van der Waals surface area contributed by atoms with Crippen molar-refractivity contribution in [1.29, 1.82) is 0 Å². The molecule has 2 unspecified atom stereocenters. The number of aromatic nitrogens is 3. The highest BCUT2D eigenvalue weighted by Crippen LogP contribution is 2.60. The van der Waals surface area contributed by atoms with Gasteiger partial charge >= 0.3 is 0 Å². The molecule has 6 rings (SSSR count). The van der Waals surface area contributed by atoms with Crippen LogP contribution in [-0.4, -0.2) is 77.4 Å². The van der Waals surface area contributed by atoms with Gasteiger partial charge in [-0.2, -0.15) is 0 Å². The van der Waals surface area contributed by atoms with E-state index in [1.54, 1.807) is 15.7 Å². The van der Waals surface area contributed by atoms with Crippen LogP contribution in [0.15, 0.2) is 67.4 Å². The number of ether oxygens (including phenoxy) is 1. The van der Waals surface area contributed by atoms with Crippen LogP contribution in [0.5, 0.6) is 0 Å². The largest absolute Gasteiger partial charge is 0.432 e. The Kier molecular flexibility index (Phi) is 9.50. The highest BCUT2D eigenvalue weighted by Gasteiger charge is 2.66. The van der Waals surface area contributed by atoms with E-state index < -0.39 is 20.0 Å². The van der Waals surface area contributed by atoms with Crippen LogP contribution in [-0.2, 0) is 26.5 Å². The normalized spacial score (nSPS) is 26.4. The van der Waals surface area contributed by atoms with Gasteiger partial charge in [-0.15, -0.1) is 11.7 Å². The van der Waals surface area contributed by atoms with Crippen LogP contribution < -0.4 is 15.5 Å². The number of benzene rings is 2. The van der Waals surface area contributed by atoms with Crippen molar-refractivity contribution in [1.82, 2.24) is 20.3 Å². The van der Waals surface area contributed by atoms with Crippen molar-refractivity contribution in [2.75, 3.05) is 36.5 Å². The van der Waals surface area contributed by atoms with E-state index in [-0.39, 0.29) is 41.7 Å². The van der Waals surface area contributed by atoms with E-state index in [1.807, 2.05) is 74.7 Å². The summed E-state index contributed by atoms with van der Waals surface area (Å²) < 4.78 is 8.69. The van der Waals surface area contributed by atoms with Crippen LogP contribution in [0.3, 0.4) is 0 Å². The van der Waals surface area contributed by atoms with E-state index in [0.29, 0.717) is 43.0 Å². The molecule has 4 heterocycles. The van der Waals surface area contributed by atoms with Crippen LogP contribution in [0.2, 0.25) is 18.6 Å². The number of carbonyl (C=O) groups is 2. The molecule has 2 saturated heterocycles. The van der Waals surface area contributed by atoms with Crippen LogP contribution in [0.25, 0.3) is 0 Å². The molecule has 3 aliphatic heterocycles. The van der Waals surface area contributed by atoms with Gasteiger partial charge in [-0.05, 0) is 62.7 Å². The first-order chi connectivity index (χ1) is 22.6. The highest BCUT2D eigenvalue weighted by molar-refractivity contribution is 6.71. The second-order valence-corrected chi connectivity index (χ2v) is 17.6. The maximum atomic E-state index is 14.4. The average molecular weight is 659 g/mol. The van der Waals surface area contributed by atoms with Crippen molar-refractivity contribution in [2.24, 2.45) is 11.8 Å². The number of carbonyl (C=O) groups excluding carboxylic acids is 2. The van der Waals surface area contributed by atoms with E-state index in [1.165, 1.54) is 0 Å². The highest BCUT2D eigenvalue weighted by atomic mass is 28.4. The third-order valence-electron chi connectivity index (χ3n) is 10.2. The number of nitrogens with one attached hydrogen (secondary N) is 2. The van der Waals surface area contributed by atoms with Crippen molar-refractivity contribution in [3.8, 4) is 0 Å². The van der Waals surface area contributed by atoms with Crippen LogP contribution in [0, 0.1) is 11.8 Å². The van der Waals surface area contributed by atoms with Crippen LogP contribution in [0.4, 0.5) is 11.4 Å². The maximum absolute atomic E-state index is 14.4. The fourth-order valence-corrected chi connectivity index (χ4v) is 10.6. The lowest BCUT2D eigenvalue weighted by molar-refractivity contribution is -0.145. The van der Waals surface area contributed by atoms with E-state index in [4.69, 9.17) is 4.74 Å². The number of aryl methyl sites for hydroxylation is 1. The van der Waals surface area contributed by atoms with Gasteiger partial charge in [-0.3, -0.25) is 14.3 Å². The van der Waals surface area contributed by atoms with Gasteiger partial charge in [0.25, 0.3) is 5.91 Å². The number of anilines is 2. The zero-order valence-corrected chi connectivity index (χ0v) is 28.4. The molecule has 6 atom stereocenters. The minimum Gasteiger partial charge on any atom is -0.432 e. The quantitative estimate of drug-likeness (QED) is 0.180. The molecule has 3 aromatic rings. The van der Waals surface area contributed by atoms with E-state index in [0.717, 1.165) is 30.6 Å². The summed E-state index contributed by atoms with van der Waals surface area (Å²) in [7, 11) is -2.87. The minimum absolute atomic E-state index is 0.0404. The molecular formula is C35H46N6O5Si. The lowest BCUT2D eigenvalue weighted by Gasteiger charge is -2.32. The van der Waals surface area contributed by atoms with Gasteiger partial charge in [0.05, 0.1) is 35.9 Å². The number of aliphatic hydroxyl groups is 1. The zero-order valence-electron chi connectivity index (χ0n) is 27.4. The standard InChI is InChI=1S/C35H46N6O5Si/c1-5-17-41-30-14-13-26(37-33(43)25-12-9-16-36-20-25)19-28(30)35(34(41)44)23(2)32(47(3,4)45)31(46-35)15-18-40-21-29(38-39-40)27(22-42)24-10-7-6-8-11-24/h5-8,10-11,13-14,19,21,23,25,27,31-32,36,42,45H,1,9,12,15-18,20,22H2,2-4H3,(H,37,43)/t23-,25?,27?,31+,32-,35+/m1/s1. The summed E-state index contributed by atoms with van der Waals surface area (Å²) in [5, 5.41) is 25.2. The summed E-state index contributed by atoms with van der Waals surface area (Å²) in [6.45, 7) is 11.9. The molecule has 12 heteroatoms. The molecule has 1 aromatic heterocycles. The van der Waals surface area contributed by atoms with Crippen molar-refractivity contribution < 1.29 is 24.2 Å². The summed E-state index contributed by atoms with van der Waals surface area (Å²) in [5.41, 5.74) is 2.10. The molecule has 0 aliphatic carbocycles. The Morgan fingerprint density at radius 1 is 1.28 bits per heavy atom. The molecule has 2 fully saturated rings. The summed E-state index contributed by atoms with van der Waals surface area (Å²) in [5.74, 6) is -0.959. The Labute approximate surface area is 277 Å². The fraction of sp³-hybridized carbons (Fsp3) is 0.486. The maximum Gasteiger partial charge on any atom is 0.264 e. The van der Waals surface area contributed by atoms with Gasteiger partial charge in [0, 0.05) is 48.5 Å². The lowest BCUT2D eigenvalue weighted by Crippen LogP contribution is -2.46. The van der Waals surface area contributed by atoms with E-state index in [9.17, 15) is 19.5 Å². The number of hydrogen-bond acceptors (Lipinski definition) is 8. The summed E-state index contributed by atoms with van der Waals surface area (Å²) in [4.78, 5) is 40.9. The zero-order chi connectivity index (χ0) is 33.3. The third kappa shape index (κ3) is 6.20. The number of rotatable bonds is 11. The van der Waals surface area contributed by atoms with Gasteiger partial charge < -0.3 is 30.2 Å². The molecule has 11 nitrogen and oxygen atoms in total. The van der Waals surface area contributed by atoms with Crippen LogP contribution in [0.1, 0.15) is 48.9 Å². The molecule has 47 heavy (non-hydrogen) atoms. The predicted octanol–water partition coefficient (Wildman–Crippen LogP) is 3.76. The molecule has 0 bridgehead atoms.